The molecule has 2 atom stereocenters. The van der Waals surface area contributed by atoms with Gasteiger partial charge in [-0.1, -0.05) is 48.3 Å². The zero-order valence-electron chi connectivity index (χ0n) is 12.1. The van der Waals surface area contributed by atoms with Crippen LogP contribution in [0, 0.1) is 0 Å². The Morgan fingerprint density at radius 1 is 1.05 bits per heavy atom. The summed E-state index contributed by atoms with van der Waals surface area (Å²) >= 11 is 12.1. The highest BCUT2D eigenvalue weighted by Gasteiger charge is 2.15. The van der Waals surface area contributed by atoms with Gasteiger partial charge in [0.1, 0.15) is 5.75 Å². The fourth-order valence-corrected chi connectivity index (χ4v) is 2.68. The molecule has 0 saturated heterocycles. The Morgan fingerprint density at radius 3 is 2.43 bits per heavy atom. The quantitative estimate of drug-likeness (QED) is 0.761. The van der Waals surface area contributed by atoms with E-state index < -0.39 is 0 Å². The monoisotopic (exact) mass is 323 g/mol. The second-order valence-corrected chi connectivity index (χ2v) is 5.93. The van der Waals surface area contributed by atoms with Gasteiger partial charge in [0.15, 0.2) is 0 Å². The fourth-order valence-electron chi connectivity index (χ4n) is 2.37. The first-order chi connectivity index (χ1) is 10.0. The van der Waals surface area contributed by atoms with Gasteiger partial charge in [-0.25, -0.2) is 0 Å². The molecular formula is C17H19Cl2NO. The van der Waals surface area contributed by atoms with Crippen molar-refractivity contribution in [3.63, 3.8) is 0 Å². The number of halogens is 2. The Morgan fingerprint density at radius 2 is 1.81 bits per heavy atom. The Bertz CT molecular complexity index is 615. The van der Waals surface area contributed by atoms with Crippen LogP contribution in [-0.2, 0) is 0 Å². The van der Waals surface area contributed by atoms with Crippen LogP contribution >= 0.6 is 23.2 Å². The molecule has 2 rings (SSSR count). The molecule has 0 aliphatic heterocycles. The van der Waals surface area contributed by atoms with E-state index in [9.17, 15) is 5.11 Å². The van der Waals surface area contributed by atoms with Gasteiger partial charge in [0.25, 0.3) is 0 Å². The Hall–Kier alpha value is -1.22. The molecule has 0 aromatic heterocycles. The molecule has 2 nitrogen and oxygen atoms in total. The van der Waals surface area contributed by atoms with Gasteiger partial charge < -0.3 is 10.4 Å². The second kappa shape index (κ2) is 7.17. The standard InChI is InChI=1S/C17H19Cl2NO/c1-3-17(13-7-8-15(18)16(19)10-13)20-11(2)12-5-4-6-14(21)9-12/h4-11,17,20-21H,3H2,1-2H3. The summed E-state index contributed by atoms with van der Waals surface area (Å²) in [6, 6.07) is 13.3. The highest BCUT2D eigenvalue weighted by molar-refractivity contribution is 6.42. The lowest BCUT2D eigenvalue weighted by atomic mass is 10.0. The summed E-state index contributed by atoms with van der Waals surface area (Å²) in [7, 11) is 0. The largest absolute Gasteiger partial charge is 0.508 e. The van der Waals surface area contributed by atoms with Gasteiger partial charge in [-0.3, -0.25) is 0 Å². The van der Waals surface area contributed by atoms with Crippen LogP contribution in [0.4, 0.5) is 0 Å². The predicted molar refractivity (Wildman–Crippen MR) is 89.2 cm³/mol. The number of phenolic OH excluding ortho intramolecular Hbond substituents is 1. The van der Waals surface area contributed by atoms with Crippen molar-refractivity contribution >= 4 is 23.2 Å². The summed E-state index contributed by atoms with van der Waals surface area (Å²) in [5, 5.41) is 14.3. The van der Waals surface area contributed by atoms with Crippen LogP contribution in [-0.4, -0.2) is 5.11 Å². The minimum Gasteiger partial charge on any atom is -0.508 e. The van der Waals surface area contributed by atoms with Gasteiger partial charge in [-0.15, -0.1) is 0 Å². The van der Waals surface area contributed by atoms with E-state index in [4.69, 9.17) is 23.2 Å². The minimum absolute atomic E-state index is 0.122. The summed E-state index contributed by atoms with van der Waals surface area (Å²) in [6.07, 6.45) is 0.932. The third kappa shape index (κ3) is 4.13. The summed E-state index contributed by atoms with van der Waals surface area (Å²) in [5.41, 5.74) is 2.16. The fraction of sp³-hybridized carbons (Fsp3) is 0.294. The van der Waals surface area contributed by atoms with E-state index >= 15 is 0 Å². The van der Waals surface area contributed by atoms with Gasteiger partial charge in [0.05, 0.1) is 10.0 Å². The first-order valence-electron chi connectivity index (χ1n) is 7.01. The van der Waals surface area contributed by atoms with Crippen molar-refractivity contribution < 1.29 is 5.11 Å². The van der Waals surface area contributed by atoms with E-state index in [1.54, 1.807) is 12.1 Å². The molecule has 0 aliphatic rings. The minimum atomic E-state index is 0.122. The molecule has 0 saturated carbocycles. The average Bonchev–Trinajstić information content (AvgIpc) is 2.47. The molecule has 2 aromatic carbocycles. The molecule has 4 heteroatoms. The lowest BCUT2D eigenvalue weighted by Gasteiger charge is -2.23. The summed E-state index contributed by atoms with van der Waals surface area (Å²) in [5.74, 6) is 0.281. The summed E-state index contributed by atoms with van der Waals surface area (Å²) in [4.78, 5) is 0. The van der Waals surface area contributed by atoms with Crippen molar-refractivity contribution in [3.8, 4) is 5.75 Å². The summed E-state index contributed by atoms with van der Waals surface area (Å²) in [6.45, 7) is 4.20. The molecule has 0 amide bonds. The number of nitrogens with one attached hydrogen (secondary N) is 1. The van der Waals surface area contributed by atoms with Crippen molar-refractivity contribution in [1.29, 1.82) is 0 Å². The average molecular weight is 324 g/mol. The van der Waals surface area contributed by atoms with Crippen LogP contribution in [0.15, 0.2) is 42.5 Å². The maximum Gasteiger partial charge on any atom is 0.115 e. The first-order valence-corrected chi connectivity index (χ1v) is 7.76. The molecule has 2 N–H and O–H groups in total. The molecule has 0 heterocycles. The van der Waals surface area contributed by atoms with E-state index in [0.29, 0.717) is 10.0 Å². The van der Waals surface area contributed by atoms with Crippen LogP contribution in [0.25, 0.3) is 0 Å². The predicted octanol–water partition coefficient (Wildman–Crippen LogP) is 5.50. The number of hydrogen-bond donors (Lipinski definition) is 2. The lowest BCUT2D eigenvalue weighted by molar-refractivity contribution is 0.449. The van der Waals surface area contributed by atoms with E-state index in [1.165, 1.54) is 0 Å². The molecule has 21 heavy (non-hydrogen) atoms. The number of rotatable bonds is 5. The third-order valence-corrected chi connectivity index (χ3v) is 4.31. The van der Waals surface area contributed by atoms with Crippen molar-refractivity contribution in [2.45, 2.75) is 32.4 Å². The second-order valence-electron chi connectivity index (χ2n) is 5.12. The van der Waals surface area contributed by atoms with Gasteiger partial charge in [0.2, 0.25) is 0 Å². The maximum atomic E-state index is 9.58. The van der Waals surface area contributed by atoms with Crippen LogP contribution in [0.3, 0.4) is 0 Å². The Kier molecular flexibility index (Phi) is 5.51. The topological polar surface area (TPSA) is 32.3 Å². The van der Waals surface area contributed by atoms with Crippen LogP contribution in [0.2, 0.25) is 10.0 Å². The van der Waals surface area contributed by atoms with Gasteiger partial charge in [-0.2, -0.15) is 0 Å². The highest BCUT2D eigenvalue weighted by atomic mass is 35.5. The van der Waals surface area contributed by atoms with Crippen molar-refractivity contribution in [3.05, 3.63) is 63.6 Å². The van der Waals surface area contributed by atoms with Gasteiger partial charge >= 0.3 is 0 Å². The smallest absolute Gasteiger partial charge is 0.115 e. The zero-order valence-corrected chi connectivity index (χ0v) is 13.6. The van der Waals surface area contributed by atoms with Crippen LogP contribution < -0.4 is 5.32 Å². The SMILES string of the molecule is CCC(NC(C)c1cccc(O)c1)c1ccc(Cl)c(Cl)c1. The molecule has 2 aromatic rings. The molecule has 2 unspecified atom stereocenters. The molecule has 0 fully saturated rings. The molecule has 0 spiro atoms. The molecule has 0 radical (unpaired) electrons. The first kappa shape index (κ1) is 16.2. The maximum absolute atomic E-state index is 9.58. The van der Waals surface area contributed by atoms with Crippen molar-refractivity contribution in [1.82, 2.24) is 5.32 Å². The molecular weight excluding hydrogens is 305 g/mol. The van der Waals surface area contributed by atoms with Crippen LogP contribution in [0.5, 0.6) is 5.75 Å². The number of benzene rings is 2. The van der Waals surface area contributed by atoms with E-state index in [2.05, 4.69) is 19.2 Å². The molecule has 0 bridgehead atoms. The number of aromatic hydroxyl groups is 1. The zero-order chi connectivity index (χ0) is 15.4. The van der Waals surface area contributed by atoms with Gasteiger partial charge in [0, 0.05) is 12.1 Å². The summed E-state index contributed by atoms with van der Waals surface area (Å²) < 4.78 is 0. The molecule has 112 valence electrons. The van der Waals surface area contributed by atoms with Gasteiger partial charge in [-0.05, 0) is 48.7 Å². The lowest BCUT2D eigenvalue weighted by Crippen LogP contribution is -2.24. The Labute approximate surface area is 135 Å². The van der Waals surface area contributed by atoms with E-state index in [-0.39, 0.29) is 17.8 Å². The molecule has 0 aliphatic carbocycles. The van der Waals surface area contributed by atoms with E-state index in [0.717, 1.165) is 17.5 Å². The van der Waals surface area contributed by atoms with Crippen molar-refractivity contribution in [2.24, 2.45) is 0 Å². The van der Waals surface area contributed by atoms with E-state index in [1.807, 2.05) is 30.3 Å². The number of hydrogen-bond acceptors (Lipinski definition) is 2. The highest BCUT2D eigenvalue weighted by Crippen LogP contribution is 2.29. The normalized spacial score (nSPS) is 13.9. The van der Waals surface area contributed by atoms with Crippen molar-refractivity contribution in [2.75, 3.05) is 0 Å². The third-order valence-electron chi connectivity index (χ3n) is 3.58. The Balaban J connectivity index is 2.16. The van der Waals surface area contributed by atoms with Crippen LogP contribution in [0.1, 0.15) is 43.5 Å². The number of phenols is 1.